The van der Waals surface area contributed by atoms with E-state index in [2.05, 4.69) is 50.4 Å². The molecular formula is C21H27NOS. The molecule has 0 amide bonds. The average Bonchev–Trinajstić information content (AvgIpc) is 3.09. The Bertz CT molecular complexity index is 676. The van der Waals surface area contributed by atoms with Gasteiger partial charge in [0.05, 0.1) is 5.69 Å². The predicted octanol–water partition coefficient (Wildman–Crippen LogP) is 6.19. The highest BCUT2D eigenvalue weighted by atomic mass is 32.1. The van der Waals surface area contributed by atoms with Gasteiger partial charge in [-0.1, -0.05) is 38.1 Å². The van der Waals surface area contributed by atoms with Crippen molar-refractivity contribution < 1.29 is 4.74 Å². The highest BCUT2D eigenvalue weighted by Crippen LogP contribution is 2.43. The van der Waals surface area contributed by atoms with Crippen LogP contribution in [0, 0.1) is 0 Å². The molecule has 24 heavy (non-hydrogen) atoms. The number of anilines is 1. The zero-order valence-corrected chi connectivity index (χ0v) is 15.7. The quantitative estimate of drug-likeness (QED) is 0.651. The van der Waals surface area contributed by atoms with Crippen molar-refractivity contribution in [1.82, 2.24) is 0 Å². The van der Waals surface area contributed by atoms with E-state index in [0.717, 1.165) is 24.6 Å². The summed E-state index contributed by atoms with van der Waals surface area (Å²) in [6.45, 7) is 8.80. The molecule has 3 heteroatoms. The van der Waals surface area contributed by atoms with E-state index in [0.29, 0.717) is 5.92 Å². The fourth-order valence-corrected chi connectivity index (χ4v) is 3.39. The number of hydrogen-bond acceptors (Lipinski definition) is 3. The third-order valence-corrected chi connectivity index (χ3v) is 4.93. The van der Waals surface area contributed by atoms with Crippen LogP contribution in [0.25, 0.3) is 0 Å². The third kappa shape index (κ3) is 3.72. The SMILES string of the molecule is CC(C)c1cc(C(C)S)cc(N2CCCC2)c1Oc1ccccc1. The molecule has 0 aromatic heterocycles. The zero-order chi connectivity index (χ0) is 17.1. The number of ether oxygens (including phenoxy) is 1. The fourth-order valence-electron chi connectivity index (χ4n) is 3.24. The van der Waals surface area contributed by atoms with E-state index >= 15 is 0 Å². The monoisotopic (exact) mass is 341 g/mol. The molecule has 1 heterocycles. The molecule has 3 rings (SSSR count). The van der Waals surface area contributed by atoms with Crippen LogP contribution in [0.15, 0.2) is 42.5 Å². The van der Waals surface area contributed by atoms with Crippen molar-refractivity contribution in [2.24, 2.45) is 0 Å². The number of para-hydroxylation sites is 1. The molecule has 1 unspecified atom stereocenters. The minimum absolute atomic E-state index is 0.217. The van der Waals surface area contributed by atoms with Crippen LogP contribution in [0.4, 0.5) is 5.69 Å². The fraction of sp³-hybridized carbons (Fsp3) is 0.429. The van der Waals surface area contributed by atoms with E-state index in [1.807, 2.05) is 30.3 Å². The summed E-state index contributed by atoms with van der Waals surface area (Å²) in [5.41, 5.74) is 3.75. The van der Waals surface area contributed by atoms with Gasteiger partial charge in [-0.25, -0.2) is 0 Å². The van der Waals surface area contributed by atoms with E-state index < -0.39 is 0 Å². The van der Waals surface area contributed by atoms with Crippen LogP contribution in [-0.2, 0) is 0 Å². The minimum Gasteiger partial charge on any atom is -0.455 e. The van der Waals surface area contributed by atoms with Gasteiger partial charge in [-0.3, -0.25) is 0 Å². The topological polar surface area (TPSA) is 12.5 Å². The van der Waals surface area contributed by atoms with Crippen LogP contribution in [0.5, 0.6) is 11.5 Å². The van der Waals surface area contributed by atoms with Crippen molar-refractivity contribution in [3.63, 3.8) is 0 Å². The second-order valence-electron chi connectivity index (χ2n) is 6.90. The van der Waals surface area contributed by atoms with Crippen molar-refractivity contribution in [3.8, 4) is 11.5 Å². The molecule has 0 N–H and O–H groups in total. The van der Waals surface area contributed by atoms with Gasteiger partial charge in [0, 0.05) is 18.3 Å². The minimum atomic E-state index is 0.217. The van der Waals surface area contributed by atoms with Crippen molar-refractivity contribution >= 4 is 18.3 Å². The van der Waals surface area contributed by atoms with Crippen molar-refractivity contribution in [1.29, 1.82) is 0 Å². The highest BCUT2D eigenvalue weighted by Gasteiger charge is 2.23. The largest absolute Gasteiger partial charge is 0.455 e. The first-order valence-electron chi connectivity index (χ1n) is 8.90. The second kappa shape index (κ2) is 7.52. The van der Waals surface area contributed by atoms with Gasteiger partial charge in [-0.15, -0.1) is 0 Å². The molecule has 2 nitrogen and oxygen atoms in total. The summed E-state index contributed by atoms with van der Waals surface area (Å²) < 4.78 is 6.38. The Labute approximate surface area is 151 Å². The molecule has 0 saturated carbocycles. The summed E-state index contributed by atoms with van der Waals surface area (Å²) in [4.78, 5) is 2.46. The number of hydrogen-bond donors (Lipinski definition) is 1. The summed E-state index contributed by atoms with van der Waals surface area (Å²) >= 11 is 4.67. The first kappa shape index (κ1) is 17.2. The van der Waals surface area contributed by atoms with E-state index in [-0.39, 0.29) is 5.25 Å². The van der Waals surface area contributed by atoms with Crippen molar-refractivity contribution in [2.75, 3.05) is 18.0 Å². The van der Waals surface area contributed by atoms with Gasteiger partial charge in [0.1, 0.15) is 5.75 Å². The van der Waals surface area contributed by atoms with Gasteiger partial charge in [0.2, 0.25) is 0 Å². The molecule has 1 aliphatic rings. The van der Waals surface area contributed by atoms with Gasteiger partial charge < -0.3 is 9.64 Å². The lowest BCUT2D eigenvalue weighted by Crippen LogP contribution is -2.19. The second-order valence-corrected chi connectivity index (χ2v) is 7.67. The van der Waals surface area contributed by atoms with E-state index in [4.69, 9.17) is 4.74 Å². The Hall–Kier alpha value is -1.61. The Balaban J connectivity index is 2.11. The van der Waals surface area contributed by atoms with E-state index in [1.54, 1.807) is 0 Å². The summed E-state index contributed by atoms with van der Waals surface area (Å²) in [7, 11) is 0. The number of benzene rings is 2. The summed E-state index contributed by atoms with van der Waals surface area (Å²) in [5.74, 6) is 2.31. The lowest BCUT2D eigenvalue weighted by Gasteiger charge is -2.26. The van der Waals surface area contributed by atoms with E-state index in [9.17, 15) is 0 Å². The first-order chi connectivity index (χ1) is 11.6. The van der Waals surface area contributed by atoms with Gasteiger partial charge in [0.25, 0.3) is 0 Å². The molecule has 0 spiro atoms. The molecule has 0 radical (unpaired) electrons. The lowest BCUT2D eigenvalue weighted by molar-refractivity contribution is 0.472. The lowest BCUT2D eigenvalue weighted by atomic mass is 9.96. The van der Waals surface area contributed by atoms with E-state index in [1.165, 1.54) is 29.7 Å². The Morgan fingerprint density at radius 2 is 1.67 bits per heavy atom. The molecule has 1 atom stereocenters. The maximum atomic E-state index is 6.38. The summed E-state index contributed by atoms with van der Waals surface area (Å²) in [5, 5.41) is 0.217. The molecular weight excluding hydrogens is 314 g/mol. The summed E-state index contributed by atoms with van der Waals surface area (Å²) in [6.07, 6.45) is 2.50. The Morgan fingerprint density at radius 3 is 2.25 bits per heavy atom. The van der Waals surface area contributed by atoms with Crippen LogP contribution in [0.1, 0.15) is 55.9 Å². The van der Waals surface area contributed by atoms with Crippen LogP contribution in [0.2, 0.25) is 0 Å². The molecule has 0 bridgehead atoms. The van der Waals surface area contributed by atoms with Crippen LogP contribution >= 0.6 is 12.6 Å². The normalized spacial score (nSPS) is 15.8. The molecule has 2 aromatic rings. The van der Waals surface area contributed by atoms with Crippen LogP contribution < -0.4 is 9.64 Å². The zero-order valence-electron chi connectivity index (χ0n) is 14.8. The average molecular weight is 342 g/mol. The van der Waals surface area contributed by atoms with Crippen molar-refractivity contribution in [2.45, 2.75) is 44.8 Å². The van der Waals surface area contributed by atoms with Crippen LogP contribution in [0.3, 0.4) is 0 Å². The summed E-state index contributed by atoms with van der Waals surface area (Å²) in [6, 6.07) is 14.6. The Morgan fingerprint density at radius 1 is 1.00 bits per heavy atom. The smallest absolute Gasteiger partial charge is 0.154 e. The maximum Gasteiger partial charge on any atom is 0.154 e. The Kier molecular flexibility index (Phi) is 5.40. The number of rotatable bonds is 5. The molecule has 1 aliphatic heterocycles. The van der Waals surface area contributed by atoms with Crippen LogP contribution in [-0.4, -0.2) is 13.1 Å². The van der Waals surface area contributed by atoms with Crippen molar-refractivity contribution in [3.05, 3.63) is 53.6 Å². The number of thiol groups is 1. The number of nitrogens with zero attached hydrogens (tertiary/aromatic N) is 1. The van der Waals surface area contributed by atoms with Gasteiger partial charge in [-0.05, 0) is 55.0 Å². The highest BCUT2D eigenvalue weighted by molar-refractivity contribution is 7.80. The molecule has 1 fully saturated rings. The third-order valence-electron chi connectivity index (χ3n) is 4.63. The van der Waals surface area contributed by atoms with Gasteiger partial charge >= 0.3 is 0 Å². The predicted molar refractivity (Wildman–Crippen MR) is 106 cm³/mol. The molecule has 128 valence electrons. The molecule has 1 saturated heterocycles. The molecule has 0 aliphatic carbocycles. The van der Waals surface area contributed by atoms with Gasteiger partial charge in [-0.2, -0.15) is 12.6 Å². The standard InChI is InChI=1S/C21H27NOS/c1-15(2)19-13-17(16(3)24)14-20(22-11-7-8-12-22)21(19)23-18-9-5-4-6-10-18/h4-6,9-10,13-16,24H,7-8,11-12H2,1-3H3. The maximum absolute atomic E-state index is 6.38. The molecule has 2 aromatic carbocycles. The first-order valence-corrected chi connectivity index (χ1v) is 9.41. The van der Waals surface area contributed by atoms with Gasteiger partial charge in [0.15, 0.2) is 5.75 Å².